The Balaban J connectivity index is 1.19. The van der Waals surface area contributed by atoms with E-state index >= 15 is 0 Å². The van der Waals surface area contributed by atoms with Gasteiger partial charge in [0.15, 0.2) is 0 Å². The second kappa shape index (κ2) is 11.0. The van der Waals surface area contributed by atoms with Crippen LogP contribution in [0.5, 0.6) is 5.88 Å². The summed E-state index contributed by atoms with van der Waals surface area (Å²) in [4.78, 5) is 10.4. The van der Waals surface area contributed by atoms with Gasteiger partial charge in [0.05, 0.1) is 18.3 Å². The molecule has 0 radical (unpaired) electrons. The molecule has 2 aromatic heterocycles. The van der Waals surface area contributed by atoms with Crippen LogP contribution in [-0.4, -0.2) is 42.2 Å². The topological polar surface area (TPSA) is 49.4 Å². The second-order valence-corrected chi connectivity index (χ2v) is 13.3. The summed E-state index contributed by atoms with van der Waals surface area (Å²) in [7, 11) is 1.74. The van der Waals surface area contributed by atoms with Crippen LogP contribution >= 0.6 is 11.3 Å². The molecule has 2 saturated heterocycles. The van der Waals surface area contributed by atoms with E-state index in [1.54, 1.807) is 7.11 Å². The number of likely N-dealkylation sites (tertiary alicyclic amines) is 1. The molecule has 0 saturated carbocycles. The number of hydrogen-bond acceptors (Lipinski definition) is 6. The van der Waals surface area contributed by atoms with Gasteiger partial charge in [-0.05, 0) is 78.1 Å². The number of allylic oxidation sites excluding steroid dienone is 1. The highest BCUT2D eigenvalue weighted by molar-refractivity contribution is 7.15. The number of hydrogen-bond donors (Lipinski definition) is 2. The highest BCUT2D eigenvalue weighted by Crippen LogP contribution is 2.41. The molecule has 0 bridgehead atoms. The van der Waals surface area contributed by atoms with Crippen LogP contribution in [0, 0.1) is 6.92 Å². The molecule has 216 valence electrons. The molecule has 42 heavy (non-hydrogen) atoms. The first-order valence-corrected chi connectivity index (χ1v) is 16.1. The predicted molar refractivity (Wildman–Crippen MR) is 174 cm³/mol. The lowest BCUT2D eigenvalue weighted by Crippen LogP contribution is -2.65. The van der Waals surface area contributed by atoms with E-state index in [1.807, 2.05) is 11.3 Å². The molecule has 0 atom stereocenters. The molecule has 2 aromatic carbocycles. The average Bonchev–Trinajstić information content (AvgIpc) is 3.60. The van der Waals surface area contributed by atoms with Crippen molar-refractivity contribution in [3.63, 3.8) is 0 Å². The molecule has 7 rings (SSSR count). The van der Waals surface area contributed by atoms with Gasteiger partial charge < -0.3 is 15.4 Å². The Morgan fingerprint density at radius 3 is 2.55 bits per heavy atom. The molecule has 0 amide bonds. The maximum absolute atomic E-state index is 5.85. The average molecular weight is 577 g/mol. The van der Waals surface area contributed by atoms with Crippen LogP contribution in [0.25, 0.3) is 32.8 Å². The number of aromatic nitrogens is 1. The lowest BCUT2D eigenvalue weighted by atomic mass is 9.87. The van der Waals surface area contributed by atoms with Crippen molar-refractivity contribution in [2.75, 3.05) is 26.7 Å². The van der Waals surface area contributed by atoms with Gasteiger partial charge in [0.25, 0.3) is 0 Å². The molecule has 0 aliphatic carbocycles. The summed E-state index contributed by atoms with van der Waals surface area (Å²) < 4.78 is 5.85. The zero-order valence-corrected chi connectivity index (χ0v) is 25.8. The Morgan fingerprint density at radius 1 is 1.02 bits per heavy atom. The van der Waals surface area contributed by atoms with Crippen LogP contribution in [0.4, 0.5) is 0 Å². The molecule has 2 fully saturated rings. The summed E-state index contributed by atoms with van der Waals surface area (Å²) in [6.07, 6.45) is 4.32. The Labute approximate surface area is 253 Å². The number of nitrogens with one attached hydrogen (secondary N) is 2. The van der Waals surface area contributed by atoms with Gasteiger partial charge in [0.1, 0.15) is 0 Å². The third-order valence-corrected chi connectivity index (χ3v) is 10.6. The molecule has 5 heterocycles. The van der Waals surface area contributed by atoms with Crippen molar-refractivity contribution in [2.24, 2.45) is 0 Å². The molecule has 4 aromatic rings. The van der Waals surface area contributed by atoms with Crippen LogP contribution in [0.15, 0.2) is 66.9 Å². The zero-order chi connectivity index (χ0) is 28.8. The second-order valence-electron chi connectivity index (χ2n) is 12.2. The van der Waals surface area contributed by atoms with Gasteiger partial charge in [-0.1, -0.05) is 56.0 Å². The number of benzene rings is 2. The Morgan fingerprint density at radius 2 is 1.81 bits per heavy atom. The van der Waals surface area contributed by atoms with Gasteiger partial charge in [-0.2, -0.15) is 0 Å². The van der Waals surface area contributed by atoms with Gasteiger partial charge in [-0.3, -0.25) is 4.90 Å². The summed E-state index contributed by atoms with van der Waals surface area (Å²) in [5, 5.41) is 7.13. The lowest BCUT2D eigenvalue weighted by Gasteiger charge is -2.48. The molecule has 5 nitrogen and oxygen atoms in total. The van der Waals surface area contributed by atoms with Gasteiger partial charge in [0, 0.05) is 59.3 Å². The summed E-state index contributed by atoms with van der Waals surface area (Å²) in [6, 6.07) is 20.2. The van der Waals surface area contributed by atoms with Crippen LogP contribution in [0.2, 0.25) is 0 Å². The number of fused-ring (bicyclic) bond motifs is 1. The summed E-state index contributed by atoms with van der Waals surface area (Å²) >= 11 is 1.96. The lowest BCUT2D eigenvalue weighted by molar-refractivity contribution is 0.0500. The van der Waals surface area contributed by atoms with Crippen molar-refractivity contribution in [3.05, 3.63) is 94.0 Å². The predicted octanol–water partition coefficient (Wildman–Crippen LogP) is 7.12. The third-order valence-electron chi connectivity index (χ3n) is 9.36. The van der Waals surface area contributed by atoms with Gasteiger partial charge in [-0.15, -0.1) is 11.3 Å². The van der Waals surface area contributed by atoms with Crippen molar-refractivity contribution in [1.29, 1.82) is 0 Å². The minimum Gasteiger partial charge on any atom is -0.481 e. The monoisotopic (exact) mass is 576 g/mol. The van der Waals surface area contributed by atoms with Crippen LogP contribution in [0.3, 0.4) is 0 Å². The standard InChI is InChI=1S/C36H40N4OS/c1-5-27-30(28-8-6-9-29(24(28)3)34-18-26-19-37-17-15-33(26)42-34)10-7-11-31(27)32-13-12-25(35(38-32)41-4)20-40-21-36(22-40)16-14-23(2)39-36/h6-13,18,37,39H,2,5,14-17,19-22H2,1,3-4H3. The third kappa shape index (κ3) is 4.85. The Kier molecular flexibility index (Phi) is 7.17. The fraction of sp³-hybridized carbons (Fsp3) is 0.361. The van der Waals surface area contributed by atoms with E-state index in [4.69, 9.17) is 9.72 Å². The number of ether oxygens (including phenoxy) is 1. The molecular formula is C36H40N4OS. The molecule has 3 aliphatic heterocycles. The number of thiophene rings is 1. The minimum atomic E-state index is 0.226. The van der Waals surface area contributed by atoms with Gasteiger partial charge in [0.2, 0.25) is 5.88 Å². The van der Waals surface area contributed by atoms with Gasteiger partial charge in [-0.25, -0.2) is 4.98 Å². The van der Waals surface area contributed by atoms with E-state index in [9.17, 15) is 0 Å². The first-order valence-electron chi connectivity index (χ1n) is 15.2. The van der Waals surface area contributed by atoms with Crippen LogP contribution < -0.4 is 15.4 Å². The highest BCUT2D eigenvalue weighted by Gasteiger charge is 2.45. The number of rotatable bonds is 7. The molecule has 0 unspecified atom stereocenters. The van der Waals surface area contributed by atoms with Crippen LogP contribution in [0.1, 0.15) is 46.9 Å². The molecule has 3 aliphatic rings. The Bertz CT molecular complexity index is 1640. The fourth-order valence-electron chi connectivity index (χ4n) is 7.25. The maximum Gasteiger partial charge on any atom is 0.218 e. The van der Waals surface area contributed by atoms with Crippen molar-refractivity contribution in [1.82, 2.24) is 20.5 Å². The molecule has 6 heteroatoms. The smallest absolute Gasteiger partial charge is 0.218 e. The number of methoxy groups -OCH3 is 1. The maximum atomic E-state index is 5.85. The zero-order valence-electron chi connectivity index (χ0n) is 25.0. The van der Waals surface area contributed by atoms with E-state index < -0.39 is 0 Å². The number of nitrogens with zero attached hydrogens (tertiary/aromatic N) is 2. The van der Waals surface area contributed by atoms with Crippen molar-refractivity contribution in [2.45, 2.75) is 58.2 Å². The summed E-state index contributed by atoms with van der Waals surface area (Å²) in [6.45, 7) is 13.6. The first-order chi connectivity index (χ1) is 20.5. The van der Waals surface area contributed by atoms with Crippen molar-refractivity contribution in [3.8, 4) is 38.7 Å². The molecule has 2 N–H and O–H groups in total. The van der Waals surface area contributed by atoms with E-state index in [1.165, 1.54) is 60.8 Å². The van der Waals surface area contributed by atoms with E-state index in [2.05, 4.69) is 90.6 Å². The summed E-state index contributed by atoms with van der Waals surface area (Å²) in [5.74, 6) is 0.721. The quantitative estimate of drug-likeness (QED) is 0.245. The van der Waals surface area contributed by atoms with E-state index in [-0.39, 0.29) is 5.54 Å². The largest absolute Gasteiger partial charge is 0.481 e. The minimum absolute atomic E-state index is 0.226. The first kappa shape index (κ1) is 27.4. The normalized spacial score (nSPS) is 17.6. The van der Waals surface area contributed by atoms with Crippen LogP contribution in [-0.2, 0) is 25.9 Å². The van der Waals surface area contributed by atoms with Crippen molar-refractivity contribution >= 4 is 11.3 Å². The number of pyridine rings is 1. The fourth-order valence-corrected chi connectivity index (χ4v) is 8.51. The highest BCUT2D eigenvalue weighted by atomic mass is 32.1. The van der Waals surface area contributed by atoms with E-state index in [0.29, 0.717) is 0 Å². The molecular weight excluding hydrogens is 536 g/mol. The summed E-state index contributed by atoms with van der Waals surface area (Å²) in [5.41, 5.74) is 12.7. The van der Waals surface area contributed by atoms with Crippen molar-refractivity contribution < 1.29 is 4.74 Å². The van der Waals surface area contributed by atoms with Gasteiger partial charge >= 0.3 is 0 Å². The molecule has 1 spiro atoms. The SMILES string of the molecule is C=C1CCC2(CN(Cc3ccc(-c4cccc(-c5cccc(-c6cc7c(s6)CCNC7)c5C)c4CC)nc3OC)C2)N1. The Hall–Kier alpha value is -3.45. The van der Waals surface area contributed by atoms with E-state index in [0.717, 1.165) is 69.1 Å².